The predicted molar refractivity (Wildman–Crippen MR) is 102 cm³/mol. The summed E-state index contributed by atoms with van der Waals surface area (Å²) in [7, 11) is 0. The molecule has 0 spiro atoms. The molecule has 1 aliphatic rings. The number of rotatable bonds is 3. The van der Waals surface area contributed by atoms with E-state index < -0.39 is 0 Å². The monoisotopic (exact) mass is 359 g/mol. The molecule has 1 aliphatic heterocycles. The first kappa shape index (κ1) is 15.6. The fraction of sp³-hybridized carbons (Fsp3) is 0.150. The second kappa shape index (κ2) is 6.28. The third-order valence-corrected chi connectivity index (χ3v) is 4.63. The number of anilines is 1. The van der Waals surface area contributed by atoms with Crippen molar-refractivity contribution in [2.45, 2.75) is 12.8 Å². The Balaban J connectivity index is 1.36. The minimum atomic E-state index is -0.203. The van der Waals surface area contributed by atoms with E-state index in [1.54, 1.807) is 12.1 Å². The van der Waals surface area contributed by atoms with Gasteiger partial charge in [0, 0.05) is 11.6 Å². The van der Waals surface area contributed by atoms with E-state index in [0.717, 1.165) is 41.8 Å². The van der Waals surface area contributed by atoms with Gasteiger partial charge in [-0.25, -0.2) is 4.98 Å². The quantitative estimate of drug-likeness (QED) is 0.521. The molecule has 0 saturated heterocycles. The number of amides is 1. The van der Waals surface area contributed by atoms with Crippen LogP contribution in [0.15, 0.2) is 48.5 Å². The minimum absolute atomic E-state index is 0.203. The standard InChI is InChI=1S/C20H17N5O2/c26-20(13-7-8-17-12(10-13)4-3-9-27-17)23-18-11-16(24-25-18)19-21-14-5-1-2-6-15(14)22-19/h1-2,5-8,10-11H,3-4,9H2,(H,21,22)(H2,23,24,25,26). The van der Waals surface area contributed by atoms with Gasteiger partial charge in [0.1, 0.15) is 11.4 Å². The molecule has 7 nitrogen and oxygen atoms in total. The van der Waals surface area contributed by atoms with Crippen molar-refractivity contribution in [2.24, 2.45) is 0 Å². The zero-order valence-corrected chi connectivity index (χ0v) is 14.5. The van der Waals surface area contributed by atoms with Gasteiger partial charge in [-0.05, 0) is 48.7 Å². The SMILES string of the molecule is O=C(Nc1cc(-c2nc3ccccc3[nH]2)[nH]n1)c1ccc2c(c1)CCCO2. The summed E-state index contributed by atoms with van der Waals surface area (Å²) in [5.74, 6) is 1.79. The second-order valence-corrected chi connectivity index (χ2v) is 6.50. The lowest BCUT2D eigenvalue weighted by Crippen LogP contribution is -2.14. The molecule has 0 fully saturated rings. The highest BCUT2D eigenvalue weighted by atomic mass is 16.5. The molecule has 27 heavy (non-hydrogen) atoms. The molecule has 4 aromatic rings. The third kappa shape index (κ3) is 2.93. The lowest BCUT2D eigenvalue weighted by molar-refractivity contribution is 0.102. The molecule has 0 radical (unpaired) electrons. The van der Waals surface area contributed by atoms with Crippen LogP contribution < -0.4 is 10.1 Å². The number of nitrogens with one attached hydrogen (secondary N) is 3. The van der Waals surface area contributed by atoms with Crippen LogP contribution in [-0.4, -0.2) is 32.7 Å². The summed E-state index contributed by atoms with van der Waals surface area (Å²) >= 11 is 0. The van der Waals surface area contributed by atoms with Gasteiger partial charge in [0.25, 0.3) is 5.91 Å². The molecule has 7 heteroatoms. The van der Waals surface area contributed by atoms with Crippen LogP contribution in [0.5, 0.6) is 5.75 Å². The fourth-order valence-electron chi connectivity index (χ4n) is 3.28. The number of aryl methyl sites for hydroxylation is 1. The van der Waals surface area contributed by atoms with Crippen molar-refractivity contribution in [3.8, 4) is 17.3 Å². The van der Waals surface area contributed by atoms with E-state index in [9.17, 15) is 4.79 Å². The smallest absolute Gasteiger partial charge is 0.256 e. The number of ether oxygens (including phenoxy) is 1. The Morgan fingerprint density at radius 3 is 3.00 bits per heavy atom. The largest absolute Gasteiger partial charge is 0.493 e. The number of hydrogen-bond acceptors (Lipinski definition) is 4. The predicted octanol–water partition coefficient (Wildman–Crippen LogP) is 3.53. The second-order valence-electron chi connectivity index (χ2n) is 6.50. The summed E-state index contributed by atoms with van der Waals surface area (Å²) in [5, 5.41) is 9.91. The minimum Gasteiger partial charge on any atom is -0.493 e. The van der Waals surface area contributed by atoms with E-state index in [0.29, 0.717) is 22.9 Å². The Kier molecular flexibility index (Phi) is 3.64. The van der Waals surface area contributed by atoms with E-state index in [1.165, 1.54) is 0 Å². The maximum absolute atomic E-state index is 12.6. The van der Waals surface area contributed by atoms with Crippen molar-refractivity contribution >= 4 is 22.8 Å². The number of hydrogen-bond donors (Lipinski definition) is 3. The normalized spacial score (nSPS) is 13.2. The zero-order valence-electron chi connectivity index (χ0n) is 14.5. The highest BCUT2D eigenvalue weighted by Crippen LogP contribution is 2.26. The molecular weight excluding hydrogens is 342 g/mol. The van der Waals surface area contributed by atoms with E-state index >= 15 is 0 Å². The van der Waals surface area contributed by atoms with Crippen LogP contribution in [0.4, 0.5) is 5.82 Å². The van der Waals surface area contributed by atoms with Gasteiger partial charge in [-0.1, -0.05) is 12.1 Å². The number of para-hydroxylation sites is 2. The summed E-state index contributed by atoms with van der Waals surface area (Å²) < 4.78 is 5.59. The van der Waals surface area contributed by atoms with Gasteiger partial charge in [-0.3, -0.25) is 9.89 Å². The number of fused-ring (bicyclic) bond motifs is 2. The molecule has 0 aliphatic carbocycles. The van der Waals surface area contributed by atoms with Gasteiger partial charge in [-0.2, -0.15) is 5.10 Å². The number of aromatic nitrogens is 4. The number of carbonyl (C=O) groups excluding carboxylic acids is 1. The Bertz CT molecular complexity index is 1110. The Morgan fingerprint density at radius 2 is 2.07 bits per heavy atom. The molecule has 0 atom stereocenters. The van der Waals surface area contributed by atoms with Crippen LogP contribution in [0.1, 0.15) is 22.3 Å². The van der Waals surface area contributed by atoms with Crippen LogP contribution in [0.2, 0.25) is 0 Å². The molecule has 3 heterocycles. The maximum atomic E-state index is 12.6. The molecule has 2 aromatic heterocycles. The van der Waals surface area contributed by atoms with E-state index in [2.05, 4.69) is 25.5 Å². The number of aromatic amines is 2. The van der Waals surface area contributed by atoms with Gasteiger partial charge in [0.2, 0.25) is 0 Å². The molecule has 134 valence electrons. The first-order valence-corrected chi connectivity index (χ1v) is 8.84. The van der Waals surface area contributed by atoms with Gasteiger partial charge in [0.15, 0.2) is 11.6 Å². The molecular formula is C20H17N5O2. The Morgan fingerprint density at radius 1 is 1.15 bits per heavy atom. The highest BCUT2D eigenvalue weighted by Gasteiger charge is 2.15. The summed E-state index contributed by atoms with van der Waals surface area (Å²) in [6.45, 7) is 0.733. The summed E-state index contributed by atoms with van der Waals surface area (Å²) in [4.78, 5) is 20.3. The topological polar surface area (TPSA) is 95.7 Å². The van der Waals surface area contributed by atoms with Crippen LogP contribution in [-0.2, 0) is 6.42 Å². The van der Waals surface area contributed by atoms with Crippen molar-refractivity contribution < 1.29 is 9.53 Å². The summed E-state index contributed by atoms with van der Waals surface area (Å²) in [6, 6.07) is 15.1. The first-order chi connectivity index (χ1) is 13.3. The summed E-state index contributed by atoms with van der Waals surface area (Å²) in [5.41, 5.74) is 4.19. The molecule has 1 amide bonds. The van der Waals surface area contributed by atoms with Crippen molar-refractivity contribution in [3.63, 3.8) is 0 Å². The lowest BCUT2D eigenvalue weighted by Gasteiger charge is -2.17. The van der Waals surface area contributed by atoms with Crippen molar-refractivity contribution in [3.05, 3.63) is 59.7 Å². The molecule has 2 aromatic carbocycles. The molecule has 0 bridgehead atoms. The number of imidazole rings is 1. The molecule has 5 rings (SSSR count). The highest BCUT2D eigenvalue weighted by molar-refractivity contribution is 6.04. The van der Waals surface area contributed by atoms with E-state index in [4.69, 9.17) is 4.74 Å². The average Bonchev–Trinajstić information content (AvgIpc) is 3.34. The van der Waals surface area contributed by atoms with E-state index in [1.807, 2.05) is 36.4 Å². The zero-order chi connectivity index (χ0) is 18.2. The van der Waals surface area contributed by atoms with Crippen molar-refractivity contribution in [2.75, 3.05) is 11.9 Å². The van der Waals surface area contributed by atoms with Crippen molar-refractivity contribution in [1.29, 1.82) is 0 Å². The van der Waals surface area contributed by atoms with E-state index in [-0.39, 0.29) is 5.91 Å². The van der Waals surface area contributed by atoms with Gasteiger partial charge < -0.3 is 15.0 Å². The van der Waals surface area contributed by atoms with Gasteiger partial charge in [-0.15, -0.1) is 0 Å². The third-order valence-electron chi connectivity index (χ3n) is 4.63. The maximum Gasteiger partial charge on any atom is 0.256 e. The average molecular weight is 359 g/mol. The number of H-pyrrole nitrogens is 2. The molecule has 0 unspecified atom stereocenters. The lowest BCUT2D eigenvalue weighted by atomic mass is 10.0. The van der Waals surface area contributed by atoms with Gasteiger partial charge in [0.05, 0.1) is 17.6 Å². The molecule has 0 saturated carbocycles. The molecule has 3 N–H and O–H groups in total. The first-order valence-electron chi connectivity index (χ1n) is 8.84. The number of nitrogens with zero attached hydrogens (tertiary/aromatic N) is 2. The van der Waals surface area contributed by atoms with Crippen LogP contribution in [0.25, 0.3) is 22.6 Å². The number of benzene rings is 2. The summed E-state index contributed by atoms with van der Waals surface area (Å²) in [6.07, 6.45) is 1.90. The van der Waals surface area contributed by atoms with Crippen LogP contribution in [0, 0.1) is 0 Å². The van der Waals surface area contributed by atoms with Crippen LogP contribution >= 0.6 is 0 Å². The van der Waals surface area contributed by atoms with Gasteiger partial charge >= 0.3 is 0 Å². The number of carbonyl (C=O) groups is 1. The Hall–Kier alpha value is -3.61. The Labute approximate surface area is 154 Å². The van der Waals surface area contributed by atoms with Crippen LogP contribution in [0.3, 0.4) is 0 Å². The van der Waals surface area contributed by atoms with Crippen molar-refractivity contribution in [1.82, 2.24) is 20.2 Å². The fourth-order valence-corrected chi connectivity index (χ4v) is 3.28.